The van der Waals surface area contributed by atoms with E-state index in [4.69, 9.17) is 16.7 Å². The van der Waals surface area contributed by atoms with Gasteiger partial charge in [0.15, 0.2) is 0 Å². The summed E-state index contributed by atoms with van der Waals surface area (Å²) in [6.07, 6.45) is 3.96. The summed E-state index contributed by atoms with van der Waals surface area (Å²) in [5.41, 5.74) is -0.537. The highest BCUT2D eigenvalue weighted by Crippen LogP contribution is 2.41. The molecule has 4 N–H and O–H groups in total. The highest BCUT2D eigenvalue weighted by atomic mass is 35.5. The van der Waals surface area contributed by atoms with Crippen LogP contribution >= 0.6 is 11.6 Å². The number of benzene rings is 1. The molecule has 1 aromatic carbocycles. The van der Waals surface area contributed by atoms with Gasteiger partial charge in [-0.1, -0.05) is 24.4 Å². The molecule has 1 fully saturated rings. The van der Waals surface area contributed by atoms with E-state index in [9.17, 15) is 16.8 Å². The third kappa shape index (κ3) is 2.96. The van der Waals surface area contributed by atoms with Crippen molar-refractivity contribution >= 4 is 37.3 Å². The van der Waals surface area contributed by atoms with Crippen molar-refractivity contribution in [2.45, 2.75) is 48.1 Å². The van der Waals surface area contributed by atoms with Crippen molar-refractivity contribution in [2.24, 2.45) is 11.1 Å². The van der Waals surface area contributed by atoms with Gasteiger partial charge in [-0.2, -0.15) is 4.72 Å². The lowest BCUT2D eigenvalue weighted by molar-refractivity contribution is 0.304. The third-order valence-electron chi connectivity index (χ3n) is 4.54. The zero-order valence-electron chi connectivity index (χ0n) is 12.5. The predicted molar refractivity (Wildman–Crippen MR) is 87.1 cm³/mol. The molecule has 2 aliphatic rings. The van der Waals surface area contributed by atoms with Crippen molar-refractivity contribution in [3.8, 4) is 0 Å². The summed E-state index contributed by atoms with van der Waals surface area (Å²) in [6, 6.07) is 2.30. The van der Waals surface area contributed by atoms with E-state index < -0.39 is 30.6 Å². The van der Waals surface area contributed by atoms with Gasteiger partial charge in [0.1, 0.15) is 15.5 Å². The Balaban J connectivity index is 2.14. The minimum absolute atomic E-state index is 0.107. The van der Waals surface area contributed by atoms with Crippen molar-refractivity contribution in [2.75, 3.05) is 5.32 Å². The molecule has 23 heavy (non-hydrogen) atoms. The van der Waals surface area contributed by atoms with Crippen LogP contribution in [0.2, 0.25) is 5.02 Å². The van der Waals surface area contributed by atoms with Crippen LogP contribution in [0.4, 0.5) is 5.69 Å². The van der Waals surface area contributed by atoms with Gasteiger partial charge in [0.2, 0.25) is 20.0 Å². The van der Waals surface area contributed by atoms with Crippen LogP contribution in [0.15, 0.2) is 21.9 Å². The Hall–Kier alpha value is -0.870. The molecular weight excluding hydrogens is 362 g/mol. The molecule has 0 amide bonds. The molecule has 1 unspecified atom stereocenters. The predicted octanol–water partition coefficient (Wildman–Crippen LogP) is 1.60. The maximum absolute atomic E-state index is 12.6. The normalized spacial score (nSPS) is 27.4. The second-order valence-electron chi connectivity index (χ2n) is 6.24. The number of nitrogens with two attached hydrogens (primary N) is 1. The Morgan fingerprint density at radius 3 is 2.48 bits per heavy atom. The molecule has 3 rings (SSSR count). The SMILES string of the molecule is CC1(C2CCCC2)Nc2cc(Cl)c(S(N)(=O)=O)cc2S(=O)(=O)N1. The molecule has 0 saturated heterocycles. The Labute approximate surface area is 140 Å². The number of anilines is 1. The zero-order valence-corrected chi connectivity index (χ0v) is 14.9. The van der Waals surface area contributed by atoms with Crippen molar-refractivity contribution in [3.63, 3.8) is 0 Å². The van der Waals surface area contributed by atoms with Gasteiger partial charge in [-0.25, -0.2) is 22.0 Å². The van der Waals surface area contributed by atoms with Crippen LogP contribution in [-0.4, -0.2) is 22.5 Å². The van der Waals surface area contributed by atoms with E-state index in [-0.39, 0.29) is 21.5 Å². The van der Waals surface area contributed by atoms with Crippen molar-refractivity contribution in [3.05, 3.63) is 17.2 Å². The molecule has 1 aliphatic carbocycles. The molecule has 0 aromatic heterocycles. The molecule has 7 nitrogen and oxygen atoms in total. The van der Waals surface area contributed by atoms with Crippen molar-refractivity contribution < 1.29 is 16.8 Å². The number of primary sulfonamides is 1. The zero-order chi connectivity index (χ0) is 17.0. The second-order valence-corrected chi connectivity index (χ2v) is 9.83. The lowest BCUT2D eigenvalue weighted by Crippen LogP contribution is -2.59. The van der Waals surface area contributed by atoms with Gasteiger partial charge in [0.05, 0.1) is 10.7 Å². The first-order valence-corrected chi connectivity index (χ1v) is 10.6. The van der Waals surface area contributed by atoms with E-state index in [1.54, 1.807) is 6.92 Å². The molecule has 1 aromatic rings. The number of fused-ring (bicyclic) bond motifs is 1. The smallest absolute Gasteiger partial charge is 0.244 e. The molecular formula is C13H18ClN3O4S2. The molecule has 128 valence electrons. The molecule has 0 bridgehead atoms. The second kappa shape index (κ2) is 5.32. The number of hydrogen-bond donors (Lipinski definition) is 3. The molecule has 1 saturated carbocycles. The molecule has 10 heteroatoms. The van der Waals surface area contributed by atoms with E-state index in [0.717, 1.165) is 31.7 Å². The Morgan fingerprint density at radius 1 is 1.30 bits per heavy atom. The largest absolute Gasteiger partial charge is 0.365 e. The monoisotopic (exact) mass is 379 g/mol. The van der Waals surface area contributed by atoms with Crippen LogP contribution in [0.1, 0.15) is 32.6 Å². The number of sulfonamides is 2. The van der Waals surface area contributed by atoms with E-state index in [2.05, 4.69) is 10.0 Å². The first-order chi connectivity index (χ1) is 10.5. The molecule has 0 radical (unpaired) electrons. The summed E-state index contributed by atoms with van der Waals surface area (Å²) in [5.74, 6) is 0.155. The lowest BCUT2D eigenvalue weighted by Gasteiger charge is -2.41. The average molecular weight is 380 g/mol. The van der Waals surface area contributed by atoms with Crippen LogP contribution in [-0.2, 0) is 20.0 Å². The quantitative estimate of drug-likeness (QED) is 0.721. The summed E-state index contributed by atoms with van der Waals surface area (Å²) < 4.78 is 50.9. The Bertz CT molecular complexity index is 863. The summed E-state index contributed by atoms with van der Waals surface area (Å²) >= 11 is 5.98. The van der Waals surface area contributed by atoms with E-state index in [1.807, 2.05) is 0 Å². The van der Waals surface area contributed by atoms with Crippen LogP contribution in [0.25, 0.3) is 0 Å². The fraction of sp³-hybridized carbons (Fsp3) is 0.538. The lowest BCUT2D eigenvalue weighted by atomic mass is 9.93. The number of rotatable bonds is 2. The highest BCUT2D eigenvalue weighted by Gasteiger charge is 2.44. The summed E-state index contributed by atoms with van der Waals surface area (Å²) in [4.78, 5) is -0.573. The highest BCUT2D eigenvalue weighted by molar-refractivity contribution is 7.90. The summed E-state index contributed by atoms with van der Waals surface area (Å²) in [5, 5.41) is 8.16. The summed E-state index contributed by atoms with van der Waals surface area (Å²) in [7, 11) is -7.99. The Kier molecular flexibility index (Phi) is 3.92. The molecule has 0 spiro atoms. The van der Waals surface area contributed by atoms with Gasteiger partial charge >= 0.3 is 0 Å². The number of hydrogen-bond acceptors (Lipinski definition) is 5. The van der Waals surface area contributed by atoms with Crippen LogP contribution in [0, 0.1) is 5.92 Å². The minimum Gasteiger partial charge on any atom is -0.365 e. The molecule has 1 aliphatic heterocycles. The Morgan fingerprint density at radius 2 is 1.91 bits per heavy atom. The maximum Gasteiger partial charge on any atom is 0.244 e. The molecule has 1 heterocycles. The van der Waals surface area contributed by atoms with Gasteiger partial charge in [-0.05, 0) is 37.8 Å². The van der Waals surface area contributed by atoms with Crippen molar-refractivity contribution in [1.82, 2.24) is 4.72 Å². The first-order valence-electron chi connectivity index (χ1n) is 7.21. The fourth-order valence-corrected chi connectivity index (χ4v) is 6.13. The molecule has 1 atom stereocenters. The third-order valence-corrected chi connectivity index (χ3v) is 7.53. The number of halogens is 1. The van der Waals surface area contributed by atoms with Gasteiger partial charge in [-0.3, -0.25) is 0 Å². The maximum atomic E-state index is 12.6. The van der Waals surface area contributed by atoms with E-state index in [1.165, 1.54) is 6.07 Å². The van der Waals surface area contributed by atoms with Gasteiger partial charge in [0.25, 0.3) is 0 Å². The van der Waals surface area contributed by atoms with Gasteiger partial charge in [0, 0.05) is 0 Å². The topological polar surface area (TPSA) is 118 Å². The van der Waals surface area contributed by atoms with Crippen LogP contribution in [0.3, 0.4) is 0 Å². The van der Waals surface area contributed by atoms with Gasteiger partial charge < -0.3 is 5.32 Å². The van der Waals surface area contributed by atoms with E-state index >= 15 is 0 Å². The first kappa shape index (κ1) is 17.0. The summed E-state index contributed by atoms with van der Waals surface area (Å²) in [6.45, 7) is 1.80. The van der Waals surface area contributed by atoms with Crippen LogP contribution < -0.4 is 15.2 Å². The number of nitrogens with one attached hydrogen (secondary N) is 2. The fourth-order valence-electron chi connectivity index (χ4n) is 3.40. The van der Waals surface area contributed by atoms with E-state index in [0.29, 0.717) is 0 Å². The average Bonchev–Trinajstić information content (AvgIpc) is 2.89. The standard InChI is InChI=1S/C13H18ClN3O4S2/c1-13(8-4-2-3-5-8)16-10-6-9(14)11(22(15,18)19)7-12(10)23(20,21)17-13/h6-8,16-17H,2-5H2,1H3,(H2,15,18,19). The van der Waals surface area contributed by atoms with Gasteiger partial charge in [-0.15, -0.1) is 0 Å². The minimum atomic E-state index is -4.11. The van der Waals surface area contributed by atoms with Crippen molar-refractivity contribution in [1.29, 1.82) is 0 Å². The van der Waals surface area contributed by atoms with Crippen LogP contribution in [0.5, 0.6) is 0 Å².